The number of carbonyl (C=O) groups excluding carboxylic acids is 1. The summed E-state index contributed by atoms with van der Waals surface area (Å²) in [6, 6.07) is 6.34. The molecule has 1 aliphatic heterocycles. The second-order valence-corrected chi connectivity index (χ2v) is 4.67. The van der Waals surface area contributed by atoms with Gasteiger partial charge in [-0.25, -0.2) is 9.18 Å². The highest BCUT2D eigenvalue weighted by Crippen LogP contribution is 2.28. The third kappa shape index (κ3) is 2.31. The Bertz CT molecular complexity index is 452. The van der Waals surface area contributed by atoms with Gasteiger partial charge in [0, 0.05) is 13.1 Å². The van der Waals surface area contributed by atoms with E-state index in [2.05, 4.69) is 5.32 Å². The number of esters is 1. The van der Waals surface area contributed by atoms with Crippen LogP contribution in [0.5, 0.6) is 0 Å². The summed E-state index contributed by atoms with van der Waals surface area (Å²) in [5.74, 6) is -0.717. The molecule has 1 unspecified atom stereocenters. The Labute approximate surface area is 106 Å². The summed E-state index contributed by atoms with van der Waals surface area (Å²) in [7, 11) is 3.28. The number of hydrogen-bond acceptors (Lipinski definition) is 4. The molecule has 5 heteroatoms. The van der Waals surface area contributed by atoms with Crippen molar-refractivity contribution in [1.29, 1.82) is 0 Å². The van der Waals surface area contributed by atoms with Crippen LogP contribution in [-0.2, 0) is 9.53 Å². The second-order valence-electron chi connectivity index (χ2n) is 4.67. The fraction of sp³-hybridized carbons (Fsp3) is 0.462. The van der Waals surface area contributed by atoms with Crippen LogP contribution in [0.1, 0.15) is 6.42 Å². The van der Waals surface area contributed by atoms with Crippen LogP contribution in [0.25, 0.3) is 0 Å². The average molecular weight is 252 g/mol. The Morgan fingerprint density at radius 3 is 2.78 bits per heavy atom. The number of benzene rings is 1. The molecule has 1 saturated heterocycles. The van der Waals surface area contributed by atoms with E-state index in [0.717, 1.165) is 6.54 Å². The van der Waals surface area contributed by atoms with Gasteiger partial charge in [-0.2, -0.15) is 0 Å². The van der Waals surface area contributed by atoms with Crippen LogP contribution in [0, 0.1) is 5.82 Å². The highest BCUT2D eigenvalue weighted by atomic mass is 19.1. The minimum atomic E-state index is -0.855. The summed E-state index contributed by atoms with van der Waals surface area (Å²) < 4.78 is 18.5. The highest BCUT2D eigenvalue weighted by Gasteiger charge is 2.45. The van der Waals surface area contributed by atoms with Gasteiger partial charge in [0.25, 0.3) is 0 Å². The molecule has 18 heavy (non-hydrogen) atoms. The molecule has 98 valence electrons. The van der Waals surface area contributed by atoms with Gasteiger partial charge in [0.15, 0.2) is 0 Å². The van der Waals surface area contributed by atoms with E-state index < -0.39 is 5.54 Å². The van der Waals surface area contributed by atoms with Crippen molar-refractivity contribution in [3.63, 3.8) is 0 Å². The molecule has 0 radical (unpaired) electrons. The van der Waals surface area contributed by atoms with Gasteiger partial charge in [-0.3, -0.25) is 0 Å². The molecule has 0 spiro atoms. The Morgan fingerprint density at radius 2 is 2.22 bits per heavy atom. The molecule has 0 saturated carbocycles. The quantitative estimate of drug-likeness (QED) is 0.827. The number of nitrogens with zero attached hydrogens (tertiary/aromatic N) is 1. The van der Waals surface area contributed by atoms with E-state index in [4.69, 9.17) is 4.74 Å². The van der Waals surface area contributed by atoms with Gasteiger partial charge in [0.1, 0.15) is 11.4 Å². The number of halogens is 1. The fourth-order valence-corrected chi connectivity index (χ4v) is 2.34. The average Bonchev–Trinajstić information content (AvgIpc) is 2.74. The number of hydrogen-bond donors (Lipinski definition) is 1. The number of likely N-dealkylation sites (tertiary alicyclic amines) is 1. The summed E-state index contributed by atoms with van der Waals surface area (Å²) in [5.41, 5.74) is -0.524. The lowest BCUT2D eigenvalue weighted by molar-refractivity contribution is -0.145. The maximum atomic E-state index is 13.6. The maximum absolute atomic E-state index is 13.6. The number of para-hydroxylation sites is 1. The van der Waals surface area contributed by atoms with Crippen molar-refractivity contribution in [2.75, 3.05) is 32.6 Å². The van der Waals surface area contributed by atoms with E-state index in [0.29, 0.717) is 18.7 Å². The standard InChI is InChI=1S/C13H17FN2O2/c1-16-8-7-13(9-16,12(17)18-2)15-11-6-4-3-5-10(11)14/h3-6,15H,7-9H2,1-2H3. The minimum Gasteiger partial charge on any atom is -0.467 e. The first-order chi connectivity index (χ1) is 8.57. The lowest BCUT2D eigenvalue weighted by Crippen LogP contribution is -2.49. The predicted octanol–water partition coefficient (Wildman–Crippen LogP) is 1.48. The largest absolute Gasteiger partial charge is 0.467 e. The molecule has 1 aromatic rings. The van der Waals surface area contributed by atoms with Crippen LogP contribution in [0.15, 0.2) is 24.3 Å². The monoisotopic (exact) mass is 252 g/mol. The van der Waals surface area contributed by atoms with E-state index in [1.165, 1.54) is 13.2 Å². The zero-order valence-electron chi connectivity index (χ0n) is 10.6. The predicted molar refractivity (Wildman–Crippen MR) is 66.9 cm³/mol. The van der Waals surface area contributed by atoms with Gasteiger partial charge in [-0.1, -0.05) is 12.1 Å². The van der Waals surface area contributed by atoms with E-state index in [1.54, 1.807) is 18.2 Å². The van der Waals surface area contributed by atoms with E-state index >= 15 is 0 Å². The molecule has 1 atom stereocenters. The molecule has 1 heterocycles. The lowest BCUT2D eigenvalue weighted by Gasteiger charge is -2.28. The van der Waals surface area contributed by atoms with Crippen molar-refractivity contribution in [2.45, 2.75) is 12.0 Å². The number of likely N-dealkylation sites (N-methyl/N-ethyl adjacent to an activating group) is 1. The van der Waals surface area contributed by atoms with E-state index in [9.17, 15) is 9.18 Å². The maximum Gasteiger partial charge on any atom is 0.332 e. The van der Waals surface area contributed by atoms with Crippen molar-refractivity contribution < 1.29 is 13.9 Å². The Balaban J connectivity index is 2.27. The summed E-state index contributed by atoms with van der Waals surface area (Å²) >= 11 is 0. The summed E-state index contributed by atoms with van der Waals surface area (Å²) in [5, 5.41) is 3.01. The SMILES string of the molecule is COC(=O)C1(Nc2ccccc2F)CCN(C)C1. The zero-order valence-corrected chi connectivity index (χ0v) is 10.6. The number of carbonyl (C=O) groups is 1. The Kier molecular flexibility index (Phi) is 3.52. The molecule has 0 aliphatic carbocycles. The number of rotatable bonds is 3. The summed E-state index contributed by atoms with van der Waals surface area (Å²) in [6.07, 6.45) is 0.602. The van der Waals surface area contributed by atoms with Crippen molar-refractivity contribution in [1.82, 2.24) is 4.90 Å². The molecule has 1 fully saturated rings. The van der Waals surface area contributed by atoms with Crippen LogP contribution < -0.4 is 5.32 Å². The van der Waals surface area contributed by atoms with Crippen molar-refractivity contribution in [2.24, 2.45) is 0 Å². The molecule has 0 aromatic heterocycles. The third-order valence-corrected chi connectivity index (χ3v) is 3.28. The molecule has 4 nitrogen and oxygen atoms in total. The number of nitrogens with one attached hydrogen (secondary N) is 1. The number of ether oxygens (including phenoxy) is 1. The second kappa shape index (κ2) is 4.94. The third-order valence-electron chi connectivity index (χ3n) is 3.28. The first-order valence-electron chi connectivity index (χ1n) is 5.87. The number of methoxy groups -OCH3 is 1. The first-order valence-corrected chi connectivity index (χ1v) is 5.87. The van der Waals surface area contributed by atoms with E-state index in [-0.39, 0.29) is 11.8 Å². The Morgan fingerprint density at radius 1 is 1.50 bits per heavy atom. The smallest absolute Gasteiger partial charge is 0.332 e. The van der Waals surface area contributed by atoms with Gasteiger partial charge in [-0.15, -0.1) is 0 Å². The van der Waals surface area contributed by atoms with Crippen LogP contribution in [0.3, 0.4) is 0 Å². The Hall–Kier alpha value is -1.62. The zero-order chi connectivity index (χ0) is 13.2. The van der Waals surface area contributed by atoms with Crippen molar-refractivity contribution in [3.8, 4) is 0 Å². The van der Waals surface area contributed by atoms with Gasteiger partial charge < -0.3 is 15.0 Å². The highest BCUT2D eigenvalue weighted by molar-refractivity contribution is 5.85. The lowest BCUT2D eigenvalue weighted by atomic mass is 9.98. The molecule has 1 aliphatic rings. The van der Waals surface area contributed by atoms with Gasteiger partial charge in [0.05, 0.1) is 12.8 Å². The molecular formula is C13H17FN2O2. The summed E-state index contributed by atoms with van der Waals surface area (Å²) in [4.78, 5) is 14.0. The topological polar surface area (TPSA) is 41.6 Å². The summed E-state index contributed by atoms with van der Waals surface area (Å²) in [6.45, 7) is 1.28. The minimum absolute atomic E-state index is 0.332. The molecule has 1 aromatic carbocycles. The number of anilines is 1. The van der Waals surface area contributed by atoms with Crippen molar-refractivity contribution >= 4 is 11.7 Å². The first kappa shape index (κ1) is 12.8. The van der Waals surface area contributed by atoms with Crippen LogP contribution in [0.2, 0.25) is 0 Å². The molecular weight excluding hydrogens is 235 g/mol. The molecule has 0 amide bonds. The van der Waals surface area contributed by atoms with Gasteiger partial charge in [0.2, 0.25) is 0 Å². The van der Waals surface area contributed by atoms with Crippen LogP contribution in [-0.4, -0.2) is 43.7 Å². The van der Waals surface area contributed by atoms with Gasteiger partial charge in [-0.05, 0) is 25.6 Å². The normalized spacial score (nSPS) is 23.9. The van der Waals surface area contributed by atoms with Crippen LogP contribution in [0.4, 0.5) is 10.1 Å². The van der Waals surface area contributed by atoms with Gasteiger partial charge >= 0.3 is 5.97 Å². The molecule has 1 N–H and O–H groups in total. The van der Waals surface area contributed by atoms with Crippen molar-refractivity contribution in [3.05, 3.63) is 30.1 Å². The fourth-order valence-electron chi connectivity index (χ4n) is 2.34. The van der Waals surface area contributed by atoms with E-state index in [1.807, 2.05) is 11.9 Å². The molecule has 2 rings (SSSR count). The molecule has 0 bridgehead atoms. The van der Waals surface area contributed by atoms with Crippen LogP contribution >= 0.6 is 0 Å².